The summed E-state index contributed by atoms with van der Waals surface area (Å²) in [5.41, 5.74) is 0. The normalized spacial score (nSPS) is 9.63. The minimum absolute atomic E-state index is 0. The third-order valence-corrected chi connectivity index (χ3v) is 2.66. The molecule has 0 unspecified atom stereocenters. The fourth-order valence-corrected chi connectivity index (χ4v) is 1.72. The zero-order valence-electron chi connectivity index (χ0n) is 10.5. The fraction of sp³-hybridized carbons (Fsp3) is 0.417. The van der Waals surface area contributed by atoms with Gasteiger partial charge in [0.1, 0.15) is 5.75 Å². The van der Waals surface area contributed by atoms with Gasteiger partial charge in [-0.3, -0.25) is 4.79 Å². The Hall–Kier alpha value is -0.680. The van der Waals surface area contributed by atoms with E-state index in [2.05, 4.69) is 10.6 Å². The molecule has 1 rings (SSSR count). The molecule has 1 aromatic carbocycles. The van der Waals surface area contributed by atoms with Crippen molar-refractivity contribution < 1.29 is 9.53 Å². The highest BCUT2D eigenvalue weighted by Crippen LogP contribution is 2.27. The second kappa shape index (κ2) is 10.1. The summed E-state index contributed by atoms with van der Waals surface area (Å²) in [6, 6.07) is 4.87. The van der Waals surface area contributed by atoms with Crippen molar-refractivity contribution >= 4 is 41.5 Å². The van der Waals surface area contributed by atoms with Gasteiger partial charge in [-0.1, -0.05) is 30.1 Å². The molecular formula is C12H17Cl3N2O2. The van der Waals surface area contributed by atoms with Crippen LogP contribution in [-0.4, -0.2) is 32.1 Å². The smallest absolute Gasteiger partial charge is 0.257 e. The van der Waals surface area contributed by atoms with E-state index < -0.39 is 0 Å². The fourth-order valence-electron chi connectivity index (χ4n) is 1.25. The first kappa shape index (κ1) is 18.3. The third-order valence-electron chi connectivity index (χ3n) is 2.13. The minimum Gasteiger partial charge on any atom is -0.482 e. The predicted molar refractivity (Wildman–Crippen MR) is 80.8 cm³/mol. The number of halogens is 3. The van der Waals surface area contributed by atoms with Gasteiger partial charge in [0.2, 0.25) is 0 Å². The van der Waals surface area contributed by atoms with Gasteiger partial charge in [0.25, 0.3) is 5.91 Å². The first-order valence-electron chi connectivity index (χ1n) is 5.68. The van der Waals surface area contributed by atoms with E-state index in [-0.39, 0.29) is 24.9 Å². The molecule has 108 valence electrons. The largest absolute Gasteiger partial charge is 0.482 e. The van der Waals surface area contributed by atoms with Gasteiger partial charge in [0, 0.05) is 18.1 Å². The molecule has 0 atom stereocenters. The van der Waals surface area contributed by atoms with Crippen molar-refractivity contribution in [1.82, 2.24) is 10.6 Å². The van der Waals surface area contributed by atoms with Gasteiger partial charge in [0.05, 0.1) is 5.02 Å². The second-order valence-electron chi connectivity index (χ2n) is 3.57. The summed E-state index contributed by atoms with van der Waals surface area (Å²) >= 11 is 11.7. The quantitative estimate of drug-likeness (QED) is 0.757. The topological polar surface area (TPSA) is 50.4 Å². The number of nitrogens with one attached hydrogen (secondary N) is 2. The summed E-state index contributed by atoms with van der Waals surface area (Å²) in [5, 5.41) is 6.75. The van der Waals surface area contributed by atoms with E-state index in [1.54, 1.807) is 18.2 Å². The van der Waals surface area contributed by atoms with Crippen LogP contribution in [0.4, 0.5) is 0 Å². The lowest BCUT2D eigenvalue weighted by Gasteiger charge is -2.09. The number of amides is 1. The molecule has 0 fully saturated rings. The van der Waals surface area contributed by atoms with E-state index in [0.29, 0.717) is 22.3 Å². The number of likely N-dealkylation sites (N-methyl/N-ethyl adjacent to an activating group) is 1. The van der Waals surface area contributed by atoms with Crippen LogP contribution in [-0.2, 0) is 4.79 Å². The predicted octanol–water partition coefficient (Wildman–Crippen LogP) is 2.52. The Morgan fingerprint density at radius 3 is 2.68 bits per heavy atom. The molecule has 0 saturated heterocycles. The third kappa shape index (κ3) is 7.47. The SMILES string of the molecule is CCNCCNC(=O)COc1ccc(Cl)cc1Cl.Cl. The van der Waals surface area contributed by atoms with Crippen LogP contribution in [0.1, 0.15) is 6.92 Å². The van der Waals surface area contributed by atoms with Gasteiger partial charge in [-0.15, -0.1) is 12.4 Å². The van der Waals surface area contributed by atoms with Crippen LogP contribution in [0.15, 0.2) is 18.2 Å². The zero-order chi connectivity index (χ0) is 13.4. The first-order valence-corrected chi connectivity index (χ1v) is 6.44. The summed E-state index contributed by atoms with van der Waals surface area (Å²) in [6.07, 6.45) is 0. The number of rotatable bonds is 7. The summed E-state index contributed by atoms with van der Waals surface area (Å²) in [6.45, 7) is 4.14. The van der Waals surface area contributed by atoms with Crippen molar-refractivity contribution in [3.05, 3.63) is 28.2 Å². The van der Waals surface area contributed by atoms with Crippen LogP contribution in [0.5, 0.6) is 5.75 Å². The summed E-state index contributed by atoms with van der Waals surface area (Å²) < 4.78 is 5.29. The number of hydrogen-bond donors (Lipinski definition) is 2. The van der Waals surface area contributed by atoms with Crippen molar-refractivity contribution in [3.8, 4) is 5.75 Å². The van der Waals surface area contributed by atoms with E-state index in [1.807, 2.05) is 6.92 Å². The van der Waals surface area contributed by atoms with Gasteiger partial charge in [-0.05, 0) is 24.7 Å². The van der Waals surface area contributed by atoms with Crippen molar-refractivity contribution in [2.24, 2.45) is 0 Å². The highest BCUT2D eigenvalue weighted by Gasteiger charge is 2.05. The van der Waals surface area contributed by atoms with Gasteiger partial charge in [-0.25, -0.2) is 0 Å². The molecule has 0 radical (unpaired) electrons. The number of ether oxygens (including phenoxy) is 1. The zero-order valence-corrected chi connectivity index (χ0v) is 12.9. The van der Waals surface area contributed by atoms with Crippen LogP contribution >= 0.6 is 35.6 Å². The van der Waals surface area contributed by atoms with Crippen LogP contribution < -0.4 is 15.4 Å². The molecule has 0 aromatic heterocycles. The summed E-state index contributed by atoms with van der Waals surface area (Å²) in [5.74, 6) is 0.266. The molecule has 0 aliphatic carbocycles. The lowest BCUT2D eigenvalue weighted by atomic mass is 10.3. The van der Waals surface area contributed by atoms with Gasteiger partial charge in [-0.2, -0.15) is 0 Å². The molecule has 1 aromatic rings. The van der Waals surface area contributed by atoms with E-state index in [9.17, 15) is 4.79 Å². The monoisotopic (exact) mass is 326 g/mol. The highest BCUT2D eigenvalue weighted by atomic mass is 35.5. The highest BCUT2D eigenvalue weighted by molar-refractivity contribution is 6.35. The number of benzene rings is 1. The van der Waals surface area contributed by atoms with Crippen molar-refractivity contribution in [2.75, 3.05) is 26.2 Å². The molecule has 1 amide bonds. The van der Waals surface area contributed by atoms with Gasteiger partial charge >= 0.3 is 0 Å². The average molecular weight is 328 g/mol. The van der Waals surface area contributed by atoms with Gasteiger partial charge in [0.15, 0.2) is 6.61 Å². The summed E-state index contributed by atoms with van der Waals surface area (Å²) in [4.78, 5) is 11.4. The lowest BCUT2D eigenvalue weighted by molar-refractivity contribution is -0.123. The van der Waals surface area contributed by atoms with Crippen molar-refractivity contribution in [1.29, 1.82) is 0 Å². The molecule has 7 heteroatoms. The Kier molecular flexibility index (Phi) is 9.79. The molecule has 0 saturated carbocycles. The Labute approximate surface area is 129 Å². The van der Waals surface area contributed by atoms with Crippen LogP contribution in [0.3, 0.4) is 0 Å². The van der Waals surface area contributed by atoms with Crippen LogP contribution in [0.2, 0.25) is 10.0 Å². The standard InChI is InChI=1S/C12H16Cl2N2O2.ClH/c1-2-15-5-6-16-12(17)8-18-11-4-3-9(13)7-10(11)14;/h3-4,7,15H,2,5-6,8H2,1H3,(H,16,17);1H. The maximum Gasteiger partial charge on any atom is 0.257 e. The molecule has 0 spiro atoms. The number of hydrogen-bond acceptors (Lipinski definition) is 3. The second-order valence-corrected chi connectivity index (χ2v) is 4.41. The van der Waals surface area contributed by atoms with E-state index in [0.717, 1.165) is 13.1 Å². The Morgan fingerprint density at radius 2 is 2.05 bits per heavy atom. The van der Waals surface area contributed by atoms with E-state index in [4.69, 9.17) is 27.9 Å². The van der Waals surface area contributed by atoms with E-state index in [1.165, 1.54) is 0 Å². The molecule has 0 aliphatic rings. The summed E-state index contributed by atoms with van der Waals surface area (Å²) in [7, 11) is 0. The molecular weight excluding hydrogens is 311 g/mol. The molecule has 19 heavy (non-hydrogen) atoms. The molecule has 0 bridgehead atoms. The molecule has 0 heterocycles. The van der Waals surface area contributed by atoms with Crippen LogP contribution in [0, 0.1) is 0 Å². The molecule has 0 aliphatic heterocycles. The Balaban J connectivity index is 0.00000324. The molecule has 2 N–H and O–H groups in total. The minimum atomic E-state index is -0.182. The number of carbonyl (C=O) groups excluding carboxylic acids is 1. The molecule has 4 nitrogen and oxygen atoms in total. The van der Waals surface area contributed by atoms with Crippen molar-refractivity contribution in [3.63, 3.8) is 0 Å². The Bertz CT molecular complexity index is 403. The van der Waals surface area contributed by atoms with Gasteiger partial charge < -0.3 is 15.4 Å². The number of carbonyl (C=O) groups is 1. The maximum atomic E-state index is 11.4. The lowest BCUT2D eigenvalue weighted by Crippen LogP contribution is -2.34. The van der Waals surface area contributed by atoms with Crippen LogP contribution in [0.25, 0.3) is 0 Å². The first-order chi connectivity index (χ1) is 8.63. The Morgan fingerprint density at radius 1 is 1.32 bits per heavy atom. The maximum absolute atomic E-state index is 11.4. The average Bonchev–Trinajstić information content (AvgIpc) is 2.33. The van der Waals surface area contributed by atoms with E-state index >= 15 is 0 Å². The van der Waals surface area contributed by atoms with Crippen molar-refractivity contribution in [2.45, 2.75) is 6.92 Å².